The van der Waals surface area contributed by atoms with Crippen LogP contribution in [0.4, 0.5) is 5.69 Å². The van der Waals surface area contributed by atoms with Gasteiger partial charge in [0.25, 0.3) is 0 Å². The molecular weight excluding hydrogens is 450 g/mol. The molecule has 0 aliphatic carbocycles. The molecule has 0 unspecified atom stereocenters. The Kier molecular flexibility index (Phi) is 8.89. The van der Waals surface area contributed by atoms with Gasteiger partial charge in [0, 0.05) is 12.1 Å². The zero-order valence-corrected chi connectivity index (χ0v) is 22.1. The van der Waals surface area contributed by atoms with Gasteiger partial charge < -0.3 is 10.2 Å². The van der Waals surface area contributed by atoms with E-state index in [-0.39, 0.29) is 12.5 Å². The molecule has 8 heteroatoms. The molecule has 34 heavy (non-hydrogen) atoms. The van der Waals surface area contributed by atoms with Crippen molar-refractivity contribution in [2.45, 2.75) is 66.1 Å². The number of amides is 2. The van der Waals surface area contributed by atoms with Crippen molar-refractivity contribution in [3.63, 3.8) is 0 Å². The van der Waals surface area contributed by atoms with E-state index in [1.165, 1.54) is 4.90 Å². The highest BCUT2D eigenvalue weighted by Gasteiger charge is 2.31. The van der Waals surface area contributed by atoms with Crippen LogP contribution in [0.2, 0.25) is 0 Å². The molecule has 0 fully saturated rings. The molecule has 186 valence electrons. The van der Waals surface area contributed by atoms with Gasteiger partial charge in [0.1, 0.15) is 12.6 Å². The van der Waals surface area contributed by atoms with E-state index >= 15 is 0 Å². The summed E-state index contributed by atoms with van der Waals surface area (Å²) in [7, 11) is -3.74. The molecule has 0 saturated carbocycles. The Morgan fingerprint density at radius 3 is 2.15 bits per heavy atom. The second kappa shape index (κ2) is 11.0. The Bertz CT molecular complexity index is 1110. The second-order valence-electron chi connectivity index (χ2n) is 9.72. The summed E-state index contributed by atoms with van der Waals surface area (Å²) < 4.78 is 26.3. The first-order valence-corrected chi connectivity index (χ1v) is 13.3. The molecule has 1 atom stereocenters. The first kappa shape index (κ1) is 27.4. The van der Waals surface area contributed by atoms with E-state index in [0.717, 1.165) is 33.7 Å². The standard InChI is InChI=1S/C26H37N3O4S/c1-8-21-12-14-23(15-13-21)29(34(7,32)33)18-24(30)28(17-22-11-9-10-19(2)16-22)20(3)25(31)27-26(4,5)6/h9-16,20H,8,17-18H2,1-7H3,(H,27,31)/t20-/m0/s1. The SMILES string of the molecule is CCc1ccc(N(CC(=O)N(Cc2cccc(C)c2)[C@@H](C)C(=O)NC(C)(C)C)S(C)(=O)=O)cc1. The Morgan fingerprint density at radius 1 is 1.03 bits per heavy atom. The Labute approximate surface area is 204 Å². The molecule has 0 heterocycles. The van der Waals surface area contributed by atoms with Gasteiger partial charge in [-0.3, -0.25) is 13.9 Å². The number of hydrogen-bond acceptors (Lipinski definition) is 4. The summed E-state index contributed by atoms with van der Waals surface area (Å²) >= 11 is 0. The molecule has 0 radical (unpaired) electrons. The number of carbonyl (C=O) groups excluding carboxylic acids is 2. The van der Waals surface area contributed by atoms with Crippen LogP contribution in [-0.4, -0.2) is 49.5 Å². The molecule has 0 bridgehead atoms. The van der Waals surface area contributed by atoms with Gasteiger partial charge in [0.15, 0.2) is 0 Å². The lowest BCUT2D eigenvalue weighted by molar-refractivity contribution is -0.140. The highest BCUT2D eigenvalue weighted by Crippen LogP contribution is 2.20. The largest absolute Gasteiger partial charge is 0.350 e. The molecular formula is C26H37N3O4S. The topological polar surface area (TPSA) is 86.8 Å². The lowest BCUT2D eigenvalue weighted by Crippen LogP contribution is -2.54. The minimum absolute atomic E-state index is 0.186. The van der Waals surface area contributed by atoms with Crippen LogP contribution in [0, 0.1) is 6.92 Å². The summed E-state index contributed by atoms with van der Waals surface area (Å²) in [6, 6.07) is 14.0. The third-order valence-corrected chi connectivity index (χ3v) is 6.55. The van der Waals surface area contributed by atoms with Gasteiger partial charge >= 0.3 is 0 Å². The number of rotatable bonds is 9. The van der Waals surface area contributed by atoms with Crippen molar-refractivity contribution < 1.29 is 18.0 Å². The van der Waals surface area contributed by atoms with Gasteiger partial charge in [0.2, 0.25) is 21.8 Å². The molecule has 2 aromatic carbocycles. The van der Waals surface area contributed by atoms with Crippen LogP contribution < -0.4 is 9.62 Å². The molecule has 1 N–H and O–H groups in total. The lowest BCUT2D eigenvalue weighted by atomic mass is 10.1. The monoisotopic (exact) mass is 487 g/mol. The van der Waals surface area contributed by atoms with Crippen LogP contribution in [-0.2, 0) is 32.6 Å². The maximum atomic E-state index is 13.5. The molecule has 2 rings (SSSR count). The molecule has 2 amide bonds. The van der Waals surface area contributed by atoms with Crippen LogP contribution in [0.15, 0.2) is 48.5 Å². The first-order valence-electron chi connectivity index (χ1n) is 11.4. The summed E-state index contributed by atoms with van der Waals surface area (Å²) in [5.41, 5.74) is 2.91. The highest BCUT2D eigenvalue weighted by atomic mass is 32.2. The van der Waals surface area contributed by atoms with Crippen molar-refractivity contribution in [3.05, 3.63) is 65.2 Å². The Morgan fingerprint density at radius 2 is 1.65 bits per heavy atom. The van der Waals surface area contributed by atoms with Crippen LogP contribution >= 0.6 is 0 Å². The minimum atomic E-state index is -3.74. The van der Waals surface area contributed by atoms with E-state index < -0.39 is 34.1 Å². The van der Waals surface area contributed by atoms with E-state index in [1.54, 1.807) is 19.1 Å². The third kappa shape index (κ3) is 7.87. The number of nitrogens with one attached hydrogen (secondary N) is 1. The fraction of sp³-hybridized carbons (Fsp3) is 0.462. The highest BCUT2D eigenvalue weighted by molar-refractivity contribution is 7.92. The molecule has 0 spiro atoms. The maximum Gasteiger partial charge on any atom is 0.244 e. The fourth-order valence-electron chi connectivity index (χ4n) is 3.58. The van der Waals surface area contributed by atoms with Crippen molar-refractivity contribution in [1.82, 2.24) is 10.2 Å². The van der Waals surface area contributed by atoms with Crippen molar-refractivity contribution in [2.75, 3.05) is 17.1 Å². The molecule has 0 aliphatic heterocycles. The predicted molar refractivity (Wildman–Crippen MR) is 137 cm³/mol. The van der Waals surface area contributed by atoms with E-state index in [2.05, 4.69) is 5.32 Å². The summed E-state index contributed by atoms with van der Waals surface area (Å²) in [5, 5.41) is 2.91. The predicted octanol–water partition coefficient (Wildman–Crippen LogP) is 3.66. The summed E-state index contributed by atoms with van der Waals surface area (Å²) in [4.78, 5) is 27.9. The van der Waals surface area contributed by atoms with E-state index in [9.17, 15) is 18.0 Å². The van der Waals surface area contributed by atoms with Crippen LogP contribution in [0.5, 0.6) is 0 Å². The summed E-state index contributed by atoms with van der Waals surface area (Å²) in [5.74, 6) is -0.755. The number of benzene rings is 2. The number of anilines is 1. The zero-order valence-electron chi connectivity index (χ0n) is 21.3. The van der Waals surface area contributed by atoms with Gasteiger partial charge in [-0.2, -0.15) is 0 Å². The second-order valence-corrected chi connectivity index (χ2v) is 11.6. The average Bonchev–Trinajstić information content (AvgIpc) is 2.73. The molecule has 0 aromatic heterocycles. The summed E-state index contributed by atoms with van der Waals surface area (Å²) in [6.07, 6.45) is 1.90. The van der Waals surface area contributed by atoms with Crippen molar-refractivity contribution >= 4 is 27.5 Å². The van der Waals surface area contributed by atoms with Crippen LogP contribution in [0.1, 0.15) is 51.3 Å². The van der Waals surface area contributed by atoms with Crippen LogP contribution in [0.3, 0.4) is 0 Å². The molecule has 7 nitrogen and oxygen atoms in total. The number of aryl methyl sites for hydroxylation is 2. The van der Waals surface area contributed by atoms with Crippen LogP contribution in [0.25, 0.3) is 0 Å². The zero-order chi connectivity index (χ0) is 25.7. The Balaban J connectivity index is 2.39. The number of hydrogen-bond donors (Lipinski definition) is 1. The fourth-order valence-corrected chi connectivity index (χ4v) is 4.43. The number of nitrogens with zero attached hydrogens (tertiary/aromatic N) is 2. The quantitative estimate of drug-likeness (QED) is 0.585. The normalized spacial score (nSPS) is 12.7. The Hall–Kier alpha value is -2.87. The van der Waals surface area contributed by atoms with Gasteiger partial charge in [0.05, 0.1) is 11.9 Å². The van der Waals surface area contributed by atoms with E-state index in [0.29, 0.717) is 5.69 Å². The lowest BCUT2D eigenvalue weighted by Gasteiger charge is -2.33. The van der Waals surface area contributed by atoms with Gasteiger partial charge in [-0.1, -0.05) is 48.9 Å². The minimum Gasteiger partial charge on any atom is -0.350 e. The van der Waals surface area contributed by atoms with E-state index in [4.69, 9.17) is 0 Å². The molecule has 0 aliphatic rings. The summed E-state index contributed by atoms with van der Waals surface area (Å²) in [6.45, 7) is 11.0. The van der Waals surface area contributed by atoms with Gasteiger partial charge in [-0.25, -0.2) is 8.42 Å². The molecule has 2 aromatic rings. The number of sulfonamides is 1. The first-order chi connectivity index (χ1) is 15.7. The maximum absolute atomic E-state index is 13.5. The smallest absolute Gasteiger partial charge is 0.244 e. The average molecular weight is 488 g/mol. The van der Waals surface area contributed by atoms with Gasteiger partial charge in [-0.15, -0.1) is 0 Å². The van der Waals surface area contributed by atoms with E-state index in [1.807, 2.05) is 71.0 Å². The van der Waals surface area contributed by atoms with Gasteiger partial charge in [-0.05, 0) is 64.3 Å². The number of carbonyl (C=O) groups is 2. The van der Waals surface area contributed by atoms with Crippen molar-refractivity contribution in [3.8, 4) is 0 Å². The molecule has 0 saturated heterocycles. The van der Waals surface area contributed by atoms with Crippen molar-refractivity contribution in [2.24, 2.45) is 0 Å². The van der Waals surface area contributed by atoms with Crippen molar-refractivity contribution in [1.29, 1.82) is 0 Å². The third-order valence-electron chi connectivity index (χ3n) is 5.41.